The molecular formula is C29H46O2. The van der Waals surface area contributed by atoms with Gasteiger partial charge in [-0.05, 0) is 86.3 Å². The topological polar surface area (TPSA) is 26.3 Å². The van der Waals surface area contributed by atoms with Crippen molar-refractivity contribution in [3.63, 3.8) is 0 Å². The van der Waals surface area contributed by atoms with Crippen LogP contribution in [-0.4, -0.2) is 12.6 Å². The monoisotopic (exact) mass is 426 g/mol. The summed E-state index contributed by atoms with van der Waals surface area (Å²) in [5.74, 6) is 3.80. The van der Waals surface area contributed by atoms with E-state index >= 15 is 0 Å². The van der Waals surface area contributed by atoms with Gasteiger partial charge < -0.3 is 4.74 Å². The number of esters is 1. The zero-order valence-electron chi connectivity index (χ0n) is 20.2. The Kier molecular flexibility index (Phi) is 10.4. The van der Waals surface area contributed by atoms with Crippen LogP contribution in [0.15, 0.2) is 24.3 Å². The van der Waals surface area contributed by atoms with Gasteiger partial charge in [0.1, 0.15) is 0 Å². The average Bonchev–Trinajstić information content (AvgIpc) is 2.82. The fraction of sp³-hybridized carbons (Fsp3) is 0.759. The summed E-state index contributed by atoms with van der Waals surface area (Å²) in [5.41, 5.74) is 2.04. The van der Waals surface area contributed by atoms with Gasteiger partial charge in [0.15, 0.2) is 0 Å². The van der Waals surface area contributed by atoms with Crippen molar-refractivity contribution in [2.45, 2.75) is 110 Å². The number of benzene rings is 1. The molecule has 174 valence electrons. The highest BCUT2D eigenvalue weighted by molar-refractivity contribution is 5.89. The molecule has 2 fully saturated rings. The van der Waals surface area contributed by atoms with Crippen molar-refractivity contribution in [1.29, 1.82) is 0 Å². The van der Waals surface area contributed by atoms with Crippen LogP contribution in [0.25, 0.3) is 0 Å². The van der Waals surface area contributed by atoms with Gasteiger partial charge >= 0.3 is 5.97 Å². The fourth-order valence-electron chi connectivity index (χ4n) is 5.96. The highest BCUT2D eigenvalue weighted by Gasteiger charge is 2.30. The highest BCUT2D eigenvalue weighted by atomic mass is 16.5. The standard InChI is InChI=1S/C29H46O2/c1-3-5-7-23-10-16-26(17-11-23)27-18-12-24(13-19-27)8-9-25-14-20-28(21-15-25)29(30)31-22-6-4-2/h14-15,20-21,23-24,26-27H,3-13,16-19,22H2,1-2H3. The summed E-state index contributed by atoms with van der Waals surface area (Å²) >= 11 is 0. The molecule has 0 spiro atoms. The molecule has 0 heterocycles. The van der Waals surface area contributed by atoms with Crippen LogP contribution in [0, 0.1) is 23.7 Å². The van der Waals surface area contributed by atoms with E-state index < -0.39 is 0 Å². The van der Waals surface area contributed by atoms with Gasteiger partial charge in [0.25, 0.3) is 0 Å². The third kappa shape index (κ3) is 7.95. The van der Waals surface area contributed by atoms with Gasteiger partial charge in [-0.1, -0.05) is 77.3 Å². The minimum atomic E-state index is -0.183. The van der Waals surface area contributed by atoms with E-state index in [9.17, 15) is 4.79 Å². The lowest BCUT2D eigenvalue weighted by molar-refractivity contribution is 0.0499. The molecule has 2 saturated carbocycles. The molecule has 0 radical (unpaired) electrons. The Bertz CT molecular complexity index is 619. The molecule has 3 rings (SSSR count). The molecule has 0 unspecified atom stereocenters. The lowest BCUT2D eigenvalue weighted by Gasteiger charge is -2.38. The summed E-state index contributed by atoms with van der Waals surface area (Å²) in [5, 5.41) is 0. The summed E-state index contributed by atoms with van der Waals surface area (Å²) < 4.78 is 5.31. The molecule has 2 heteroatoms. The second-order valence-electron chi connectivity index (χ2n) is 10.4. The van der Waals surface area contributed by atoms with Gasteiger partial charge in [-0.25, -0.2) is 4.79 Å². The quantitative estimate of drug-likeness (QED) is 0.262. The van der Waals surface area contributed by atoms with Crippen molar-refractivity contribution in [1.82, 2.24) is 0 Å². The Balaban J connectivity index is 1.33. The number of carbonyl (C=O) groups is 1. The fourth-order valence-corrected chi connectivity index (χ4v) is 5.96. The second-order valence-corrected chi connectivity index (χ2v) is 10.4. The Morgan fingerprint density at radius 1 is 0.774 bits per heavy atom. The summed E-state index contributed by atoms with van der Waals surface area (Å²) in [4.78, 5) is 12.0. The molecule has 1 aromatic carbocycles. The lowest BCUT2D eigenvalue weighted by Crippen LogP contribution is -2.26. The molecule has 0 atom stereocenters. The number of carbonyl (C=O) groups excluding carboxylic acids is 1. The van der Waals surface area contributed by atoms with Crippen LogP contribution in [0.2, 0.25) is 0 Å². The molecule has 2 aliphatic carbocycles. The van der Waals surface area contributed by atoms with Gasteiger partial charge in [0.2, 0.25) is 0 Å². The summed E-state index contributed by atoms with van der Waals surface area (Å²) in [6.07, 6.45) is 20.6. The van der Waals surface area contributed by atoms with E-state index in [2.05, 4.69) is 26.0 Å². The van der Waals surface area contributed by atoms with E-state index in [4.69, 9.17) is 4.74 Å². The van der Waals surface area contributed by atoms with Crippen molar-refractivity contribution >= 4 is 5.97 Å². The van der Waals surface area contributed by atoms with Crippen LogP contribution in [0.4, 0.5) is 0 Å². The Morgan fingerprint density at radius 3 is 1.87 bits per heavy atom. The molecule has 31 heavy (non-hydrogen) atoms. The smallest absolute Gasteiger partial charge is 0.338 e. The third-order valence-electron chi connectivity index (χ3n) is 8.18. The maximum atomic E-state index is 12.0. The molecule has 0 amide bonds. The minimum absolute atomic E-state index is 0.183. The van der Waals surface area contributed by atoms with Gasteiger partial charge in [-0.2, -0.15) is 0 Å². The summed E-state index contributed by atoms with van der Waals surface area (Å²) in [6.45, 7) is 4.96. The normalized spacial score (nSPS) is 26.5. The average molecular weight is 427 g/mol. The minimum Gasteiger partial charge on any atom is -0.462 e. The lowest BCUT2D eigenvalue weighted by atomic mass is 9.68. The Hall–Kier alpha value is -1.31. The van der Waals surface area contributed by atoms with Gasteiger partial charge in [-0.3, -0.25) is 0 Å². The number of ether oxygens (including phenoxy) is 1. The number of hydrogen-bond acceptors (Lipinski definition) is 2. The maximum absolute atomic E-state index is 12.0. The molecule has 2 aliphatic rings. The highest BCUT2D eigenvalue weighted by Crippen LogP contribution is 2.43. The first-order valence-corrected chi connectivity index (χ1v) is 13.5. The molecule has 0 N–H and O–H groups in total. The predicted octanol–water partition coefficient (Wildman–Crippen LogP) is 8.38. The van der Waals surface area contributed by atoms with E-state index in [1.807, 2.05) is 12.1 Å². The zero-order chi connectivity index (χ0) is 21.9. The van der Waals surface area contributed by atoms with Crippen molar-refractivity contribution in [2.75, 3.05) is 6.61 Å². The maximum Gasteiger partial charge on any atom is 0.338 e. The molecule has 1 aromatic rings. The van der Waals surface area contributed by atoms with Crippen LogP contribution in [0.1, 0.15) is 120 Å². The van der Waals surface area contributed by atoms with Crippen LogP contribution in [0.5, 0.6) is 0 Å². The Morgan fingerprint density at radius 2 is 1.32 bits per heavy atom. The summed E-state index contributed by atoms with van der Waals surface area (Å²) in [7, 11) is 0. The van der Waals surface area contributed by atoms with Crippen LogP contribution in [-0.2, 0) is 11.2 Å². The van der Waals surface area contributed by atoms with Crippen molar-refractivity contribution in [2.24, 2.45) is 23.7 Å². The Labute approximate surface area is 191 Å². The summed E-state index contributed by atoms with van der Waals surface area (Å²) in [6, 6.07) is 8.13. The van der Waals surface area contributed by atoms with Crippen molar-refractivity contribution < 1.29 is 9.53 Å². The zero-order valence-corrected chi connectivity index (χ0v) is 20.2. The molecule has 0 aromatic heterocycles. The van der Waals surface area contributed by atoms with Gasteiger partial charge in [0.05, 0.1) is 12.2 Å². The predicted molar refractivity (Wildman–Crippen MR) is 130 cm³/mol. The van der Waals surface area contributed by atoms with Gasteiger partial charge in [-0.15, -0.1) is 0 Å². The van der Waals surface area contributed by atoms with Crippen LogP contribution >= 0.6 is 0 Å². The van der Waals surface area contributed by atoms with Crippen molar-refractivity contribution in [3.8, 4) is 0 Å². The van der Waals surface area contributed by atoms with Crippen molar-refractivity contribution in [3.05, 3.63) is 35.4 Å². The first kappa shape index (κ1) is 24.3. The number of rotatable bonds is 11. The van der Waals surface area contributed by atoms with Gasteiger partial charge in [0, 0.05) is 0 Å². The van der Waals surface area contributed by atoms with Crippen LogP contribution in [0.3, 0.4) is 0 Å². The van der Waals surface area contributed by atoms with E-state index in [0.717, 1.165) is 42.9 Å². The van der Waals surface area contributed by atoms with E-state index in [1.54, 1.807) is 0 Å². The van der Waals surface area contributed by atoms with E-state index in [1.165, 1.54) is 82.6 Å². The van der Waals surface area contributed by atoms with E-state index in [-0.39, 0.29) is 5.97 Å². The molecule has 2 nitrogen and oxygen atoms in total. The molecule has 0 saturated heterocycles. The number of aryl methyl sites for hydroxylation is 1. The number of hydrogen-bond donors (Lipinski definition) is 0. The molecular weight excluding hydrogens is 380 g/mol. The van der Waals surface area contributed by atoms with E-state index in [0.29, 0.717) is 12.2 Å². The second kappa shape index (κ2) is 13.3. The SMILES string of the molecule is CCCCOC(=O)c1ccc(CCC2CCC(C3CCC(CCCC)CC3)CC2)cc1. The third-order valence-corrected chi connectivity index (χ3v) is 8.18. The first-order valence-electron chi connectivity index (χ1n) is 13.5. The molecule has 0 bridgehead atoms. The number of unbranched alkanes of at least 4 members (excludes halogenated alkanes) is 2. The van der Waals surface area contributed by atoms with Crippen LogP contribution < -0.4 is 0 Å². The first-order chi connectivity index (χ1) is 15.2. The molecule has 0 aliphatic heterocycles. The largest absolute Gasteiger partial charge is 0.462 e.